The van der Waals surface area contributed by atoms with Gasteiger partial charge in [0.05, 0.1) is 17.7 Å². The molecule has 108 valence electrons. The maximum atomic E-state index is 6.22. The molecule has 0 radical (unpaired) electrons. The van der Waals surface area contributed by atoms with Crippen LogP contribution >= 0.6 is 11.6 Å². The van der Waals surface area contributed by atoms with Crippen LogP contribution in [0.25, 0.3) is 11.4 Å². The third-order valence-electron chi connectivity index (χ3n) is 3.05. The second kappa shape index (κ2) is 6.67. The molecule has 0 aliphatic rings. The number of tetrazole rings is 1. The van der Waals surface area contributed by atoms with Gasteiger partial charge in [0.25, 0.3) is 0 Å². The molecule has 2 rings (SSSR count). The normalized spacial score (nSPS) is 12.6. The number of aromatic nitrogens is 4. The molecule has 0 fully saturated rings. The van der Waals surface area contributed by atoms with Crippen molar-refractivity contribution < 1.29 is 4.74 Å². The highest BCUT2D eigenvalue weighted by molar-refractivity contribution is 6.33. The number of halogens is 1. The van der Waals surface area contributed by atoms with Crippen LogP contribution < -0.4 is 5.73 Å². The molecule has 0 saturated carbocycles. The van der Waals surface area contributed by atoms with E-state index >= 15 is 0 Å². The SMILES string of the molecule is CCCC(COC)n1nnnc1-c1cc(N)ccc1Cl. The van der Waals surface area contributed by atoms with E-state index in [0.29, 0.717) is 23.1 Å². The Morgan fingerprint density at radius 3 is 2.95 bits per heavy atom. The summed E-state index contributed by atoms with van der Waals surface area (Å²) in [7, 11) is 1.67. The van der Waals surface area contributed by atoms with Gasteiger partial charge >= 0.3 is 0 Å². The van der Waals surface area contributed by atoms with E-state index in [4.69, 9.17) is 22.1 Å². The molecule has 1 aromatic carbocycles. The van der Waals surface area contributed by atoms with Crippen LogP contribution in [-0.4, -0.2) is 33.9 Å². The molecule has 6 nitrogen and oxygen atoms in total. The van der Waals surface area contributed by atoms with Gasteiger partial charge in [0.2, 0.25) is 0 Å². The maximum Gasteiger partial charge on any atom is 0.183 e. The quantitative estimate of drug-likeness (QED) is 0.829. The van der Waals surface area contributed by atoms with Gasteiger partial charge < -0.3 is 10.5 Å². The van der Waals surface area contributed by atoms with Gasteiger partial charge in [-0.3, -0.25) is 0 Å². The summed E-state index contributed by atoms with van der Waals surface area (Å²) in [4.78, 5) is 0. The van der Waals surface area contributed by atoms with Gasteiger partial charge in [-0.05, 0) is 35.0 Å². The van der Waals surface area contributed by atoms with Gasteiger partial charge in [0, 0.05) is 18.4 Å². The smallest absolute Gasteiger partial charge is 0.183 e. The van der Waals surface area contributed by atoms with Crippen molar-refractivity contribution in [3.05, 3.63) is 23.2 Å². The number of rotatable bonds is 6. The third-order valence-corrected chi connectivity index (χ3v) is 3.38. The zero-order valence-electron chi connectivity index (χ0n) is 11.6. The number of anilines is 1. The van der Waals surface area contributed by atoms with Crippen molar-refractivity contribution >= 4 is 17.3 Å². The standard InChI is InChI=1S/C13H18ClN5O/c1-3-4-10(8-20-2)19-13(16-17-18-19)11-7-9(15)5-6-12(11)14/h5-7,10H,3-4,8,15H2,1-2H3. The molecule has 1 aromatic heterocycles. The second-order valence-corrected chi connectivity index (χ2v) is 4.99. The summed E-state index contributed by atoms with van der Waals surface area (Å²) in [6, 6.07) is 5.35. The average Bonchev–Trinajstić information content (AvgIpc) is 2.90. The minimum Gasteiger partial charge on any atom is -0.399 e. The Hall–Kier alpha value is -1.66. The molecule has 0 spiro atoms. The average molecular weight is 296 g/mol. The first-order valence-electron chi connectivity index (χ1n) is 6.49. The fourth-order valence-electron chi connectivity index (χ4n) is 2.13. The van der Waals surface area contributed by atoms with Crippen LogP contribution in [0.1, 0.15) is 25.8 Å². The summed E-state index contributed by atoms with van der Waals surface area (Å²) in [5.41, 5.74) is 7.17. The summed E-state index contributed by atoms with van der Waals surface area (Å²) in [5, 5.41) is 12.5. The first-order valence-corrected chi connectivity index (χ1v) is 6.87. The predicted molar refractivity (Wildman–Crippen MR) is 78.5 cm³/mol. The molecule has 1 unspecified atom stereocenters. The molecule has 0 bridgehead atoms. The Bertz CT molecular complexity index is 566. The highest BCUT2D eigenvalue weighted by Crippen LogP contribution is 2.30. The number of ether oxygens (including phenoxy) is 1. The topological polar surface area (TPSA) is 78.8 Å². The molecular formula is C13H18ClN5O. The fourth-order valence-corrected chi connectivity index (χ4v) is 2.34. The number of nitrogens with two attached hydrogens (primary N) is 1. The lowest BCUT2D eigenvalue weighted by Gasteiger charge is -2.17. The summed E-state index contributed by atoms with van der Waals surface area (Å²) < 4.78 is 7.01. The first-order chi connectivity index (χ1) is 9.67. The number of hydrogen-bond acceptors (Lipinski definition) is 5. The van der Waals surface area contributed by atoms with Crippen LogP contribution in [0.2, 0.25) is 5.02 Å². The molecule has 7 heteroatoms. The summed E-state index contributed by atoms with van der Waals surface area (Å²) in [6.07, 6.45) is 1.93. The number of nitrogens with zero attached hydrogens (tertiary/aromatic N) is 4. The summed E-state index contributed by atoms with van der Waals surface area (Å²) in [5.74, 6) is 0.609. The number of benzene rings is 1. The van der Waals surface area contributed by atoms with Gasteiger partial charge in [0.15, 0.2) is 5.82 Å². The fraction of sp³-hybridized carbons (Fsp3) is 0.462. The van der Waals surface area contributed by atoms with Gasteiger partial charge in [-0.2, -0.15) is 0 Å². The Morgan fingerprint density at radius 2 is 2.25 bits per heavy atom. The molecule has 2 N–H and O–H groups in total. The monoisotopic (exact) mass is 295 g/mol. The van der Waals surface area contributed by atoms with E-state index in [-0.39, 0.29) is 6.04 Å². The Kier molecular flexibility index (Phi) is 4.92. The van der Waals surface area contributed by atoms with E-state index in [0.717, 1.165) is 18.4 Å². The molecule has 0 saturated heterocycles. The van der Waals surface area contributed by atoms with E-state index in [9.17, 15) is 0 Å². The van der Waals surface area contributed by atoms with Crippen LogP contribution in [0.5, 0.6) is 0 Å². The van der Waals surface area contributed by atoms with E-state index in [1.54, 1.807) is 30.0 Å². The maximum absolute atomic E-state index is 6.22. The van der Waals surface area contributed by atoms with E-state index < -0.39 is 0 Å². The lowest BCUT2D eigenvalue weighted by Crippen LogP contribution is -2.17. The van der Waals surface area contributed by atoms with Crippen molar-refractivity contribution in [2.45, 2.75) is 25.8 Å². The predicted octanol–water partition coefficient (Wildman–Crippen LogP) is 2.56. The lowest BCUT2D eigenvalue weighted by molar-refractivity contribution is 0.144. The minimum atomic E-state index is 0.0764. The highest BCUT2D eigenvalue weighted by atomic mass is 35.5. The van der Waals surface area contributed by atoms with Gasteiger partial charge in [-0.1, -0.05) is 24.9 Å². The summed E-state index contributed by atoms with van der Waals surface area (Å²) in [6.45, 7) is 2.66. The van der Waals surface area contributed by atoms with Crippen LogP contribution in [0.3, 0.4) is 0 Å². The van der Waals surface area contributed by atoms with Gasteiger partial charge in [-0.15, -0.1) is 5.10 Å². The first kappa shape index (κ1) is 14.7. The van der Waals surface area contributed by atoms with Crippen molar-refractivity contribution in [3.8, 4) is 11.4 Å². The van der Waals surface area contributed by atoms with Crippen molar-refractivity contribution in [3.63, 3.8) is 0 Å². The third kappa shape index (κ3) is 3.08. The molecular weight excluding hydrogens is 278 g/mol. The van der Waals surface area contributed by atoms with Crippen molar-refractivity contribution in [2.75, 3.05) is 19.5 Å². The Morgan fingerprint density at radius 1 is 1.45 bits per heavy atom. The highest BCUT2D eigenvalue weighted by Gasteiger charge is 2.19. The molecule has 20 heavy (non-hydrogen) atoms. The van der Waals surface area contributed by atoms with Crippen LogP contribution in [0, 0.1) is 0 Å². The Balaban J connectivity index is 2.43. The minimum absolute atomic E-state index is 0.0764. The van der Waals surface area contributed by atoms with Crippen LogP contribution in [0.15, 0.2) is 18.2 Å². The number of hydrogen-bond donors (Lipinski definition) is 1. The van der Waals surface area contributed by atoms with Gasteiger partial charge in [0.1, 0.15) is 0 Å². The lowest BCUT2D eigenvalue weighted by atomic mass is 10.1. The van der Waals surface area contributed by atoms with E-state index in [2.05, 4.69) is 22.4 Å². The molecule has 0 aliphatic carbocycles. The Labute approximate surface area is 122 Å². The largest absolute Gasteiger partial charge is 0.399 e. The zero-order chi connectivity index (χ0) is 14.5. The molecule has 0 amide bonds. The summed E-state index contributed by atoms with van der Waals surface area (Å²) >= 11 is 6.22. The molecule has 2 aromatic rings. The zero-order valence-corrected chi connectivity index (χ0v) is 12.3. The van der Waals surface area contributed by atoms with Crippen molar-refractivity contribution in [2.24, 2.45) is 0 Å². The van der Waals surface area contributed by atoms with Crippen LogP contribution in [-0.2, 0) is 4.74 Å². The molecule has 0 aliphatic heterocycles. The van der Waals surface area contributed by atoms with Crippen LogP contribution in [0.4, 0.5) is 5.69 Å². The second-order valence-electron chi connectivity index (χ2n) is 4.58. The number of methoxy groups -OCH3 is 1. The van der Waals surface area contributed by atoms with Crippen molar-refractivity contribution in [1.29, 1.82) is 0 Å². The van der Waals surface area contributed by atoms with E-state index in [1.165, 1.54) is 0 Å². The van der Waals surface area contributed by atoms with Crippen molar-refractivity contribution in [1.82, 2.24) is 20.2 Å². The molecule has 1 heterocycles. The number of nitrogen functional groups attached to an aromatic ring is 1. The van der Waals surface area contributed by atoms with E-state index in [1.807, 2.05) is 0 Å². The molecule has 1 atom stereocenters. The van der Waals surface area contributed by atoms with Gasteiger partial charge in [-0.25, -0.2) is 4.68 Å².